The molecule has 0 aliphatic heterocycles. The Morgan fingerprint density at radius 1 is 1.46 bits per heavy atom. The summed E-state index contributed by atoms with van der Waals surface area (Å²) in [6.07, 6.45) is 1.01. The first kappa shape index (κ1) is 10.5. The maximum atomic E-state index is 5.40. The molecule has 1 aromatic carbocycles. The molecule has 2 nitrogen and oxygen atoms in total. The summed E-state index contributed by atoms with van der Waals surface area (Å²) in [6, 6.07) is 7.96. The van der Waals surface area contributed by atoms with E-state index in [1.54, 1.807) is 7.11 Å². The van der Waals surface area contributed by atoms with E-state index in [-0.39, 0.29) is 5.20 Å². The summed E-state index contributed by atoms with van der Waals surface area (Å²) >= 11 is 3.22. The summed E-state index contributed by atoms with van der Waals surface area (Å²) in [5.41, 5.74) is 1.26. The monoisotopic (exact) mass is 244 g/mol. The molecule has 1 atom stereocenters. The maximum Gasteiger partial charge on any atom is 0.257 e. The van der Waals surface area contributed by atoms with Crippen LogP contribution in [0.2, 0.25) is 0 Å². The first-order chi connectivity index (χ1) is 6.26. The number of aryl methyl sites for hydroxylation is 1. The minimum Gasteiger partial charge on any atom is -0.455 e. The van der Waals surface area contributed by atoms with Crippen LogP contribution in [-0.2, 0) is 11.2 Å². The molecule has 0 saturated heterocycles. The minimum absolute atomic E-state index is 0.375. The number of hydrogen-bond acceptors (Lipinski definition) is 2. The van der Waals surface area contributed by atoms with Crippen LogP contribution in [-0.4, -0.2) is 12.3 Å². The van der Waals surface area contributed by atoms with E-state index in [2.05, 4.69) is 28.9 Å². The third kappa shape index (κ3) is 3.36. The van der Waals surface area contributed by atoms with Gasteiger partial charge in [-0.2, -0.15) is 0 Å². The van der Waals surface area contributed by atoms with E-state index in [1.165, 1.54) is 5.56 Å². The normalized spacial score (nSPS) is 12.5. The average Bonchev–Trinajstić information content (AvgIpc) is 2.18. The Morgan fingerprint density at radius 2 is 2.23 bits per heavy atom. The van der Waals surface area contributed by atoms with E-state index in [0.29, 0.717) is 0 Å². The maximum absolute atomic E-state index is 5.40. The summed E-state index contributed by atoms with van der Waals surface area (Å²) in [5.74, 6) is 0.822. The molecule has 13 heavy (non-hydrogen) atoms. The highest BCUT2D eigenvalue weighted by atomic mass is 79.9. The van der Waals surface area contributed by atoms with Gasteiger partial charge in [-0.15, -0.1) is 0 Å². The van der Waals surface area contributed by atoms with Crippen molar-refractivity contribution in [2.24, 2.45) is 0 Å². The number of alkyl halides is 1. The van der Waals surface area contributed by atoms with Crippen LogP contribution in [0.1, 0.15) is 12.5 Å². The fourth-order valence-electron chi connectivity index (χ4n) is 0.994. The van der Waals surface area contributed by atoms with Crippen LogP contribution >= 0.6 is 15.9 Å². The van der Waals surface area contributed by atoms with Crippen LogP contribution in [0.3, 0.4) is 0 Å². The van der Waals surface area contributed by atoms with Gasteiger partial charge in [-0.05, 0) is 40.0 Å². The van der Waals surface area contributed by atoms with Crippen molar-refractivity contribution in [2.75, 3.05) is 7.11 Å². The van der Waals surface area contributed by atoms with E-state index in [4.69, 9.17) is 9.47 Å². The van der Waals surface area contributed by atoms with E-state index < -0.39 is 0 Å². The Morgan fingerprint density at radius 3 is 2.85 bits per heavy atom. The van der Waals surface area contributed by atoms with E-state index in [0.717, 1.165) is 12.2 Å². The molecular weight excluding hydrogens is 232 g/mol. The average molecular weight is 245 g/mol. The summed E-state index contributed by atoms with van der Waals surface area (Å²) in [4.78, 5) is 0. The van der Waals surface area contributed by atoms with Crippen LogP contribution in [0, 0.1) is 0 Å². The lowest BCUT2D eigenvalue weighted by Gasteiger charge is -2.11. The molecule has 0 bridgehead atoms. The molecule has 0 radical (unpaired) electrons. The molecule has 0 aliphatic carbocycles. The Bertz CT molecular complexity index is 263. The van der Waals surface area contributed by atoms with Crippen molar-refractivity contribution in [2.45, 2.75) is 18.5 Å². The molecule has 1 rings (SSSR count). The lowest BCUT2D eigenvalue weighted by Crippen LogP contribution is -2.09. The molecule has 1 unspecified atom stereocenters. The number of methoxy groups -OCH3 is 1. The summed E-state index contributed by atoms with van der Waals surface area (Å²) < 4.78 is 10.3. The van der Waals surface area contributed by atoms with Gasteiger partial charge in [0.25, 0.3) is 5.20 Å². The Kier molecular flexibility index (Phi) is 4.25. The summed E-state index contributed by atoms with van der Waals surface area (Å²) in [6.45, 7) is 2.11. The zero-order chi connectivity index (χ0) is 9.68. The molecule has 0 spiro atoms. The van der Waals surface area contributed by atoms with Crippen LogP contribution in [0.4, 0.5) is 0 Å². The van der Waals surface area contributed by atoms with Gasteiger partial charge in [-0.25, -0.2) is 0 Å². The Hall–Kier alpha value is -0.540. The second kappa shape index (κ2) is 5.25. The molecule has 0 saturated carbocycles. The summed E-state index contributed by atoms with van der Waals surface area (Å²) in [5, 5.41) is -0.375. The number of benzene rings is 1. The molecule has 3 heteroatoms. The molecule has 0 fully saturated rings. The van der Waals surface area contributed by atoms with Crippen molar-refractivity contribution in [1.29, 1.82) is 0 Å². The third-order valence-corrected chi connectivity index (χ3v) is 2.28. The minimum atomic E-state index is -0.375. The second-order valence-corrected chi connectivity index (χ2v) is 3.38. The van der Waals surface area contributed by atoms with Crippen LogP contribution in [0.25, 0.3) is 0 Å². The molecule has 0 amide bonds. The zero-order valence-corrected chi connectivity index (χ0v) is 9.37. The van der Waals surface area contributed by atoms with Crippen molar-refractivity contribution < 1.29 is 9.47 Å². The first-order valence-electron chi connectivity index (χ1n) is 4.18. The van der Waals surface area contributed by atoms with E-state index in [1.807, 2.05) is 18.2 Å². The van der Waals surface area contributed by atoms with Gasteiger partial charge in [-0.1, -0.05) is 19.1 Å². The van der Waals surface area contributed by atoms with Crippen molar-refractivity contribution in [3.63, 3.8) is 0 Å². The highest BCUT2D eigenvalue weighted by Crippen LogP contribution is 2.17. The predicted molar refractivity (Wildman–Crippen MR) is 56.2 cm³/mol. The van der Waals surface area contributed by atoms with Gasteiger partial charge in [0, 0.05) is 7.11 Å². The van der Waals surface area contributed by atoms with Crippen molar-refractivity contribution >= 4 is 15.9 Å². The number of halogens is 1. The van der Waals surface area contributed by atoms with Crippen LogP contribution < -0.4 is 4.74 Å². The van der Waals surface area contributed by atoms with Gasteiger partial charge >= 0.3 is 0 Å². The predicted octanol–water partition coefficient (Wildman–Crippen LogP) is 2.95. The van der Waals surface area contributed by atoms with E-state index in [9.17, 15) is 0 Å². The van der Waals surface area contributed by atoms with Gasteiger partial charge in [0.05, 0.1) is 0 Å². The first-order valence-corrected chi connectivity index (χ1v) is 5.10. The fraction of sp³-hybridized carbons (Fsp3) is 0.400. The lowest BCUT2D eigenvalue weighted by atomic mass is 10.2. The number of ether oxygens (including phenoxy) is 2. The van der Waals surface area contributed by atoms with Crippen LogP contribution in [0.5, 0.6) is 5.75 Å². The Balaban J connectivity index is 2.66. The quantitative estimate of drug-likeness (QED) is 0.599. The van der Waals surface area contributed by atoms with Gasteiger partial charge < -0.3 is 9.47 Å². The topological polar surface area (TPSA) is 18.5 Å². The molecule has 1 aromatic rings. The second-order valence-electron chi connectivity index (χ2n) is 2.63. The molecule has 72 valence electrons. The smallest absolute Gasteiger partial charge is 0.257 e. The zero-order valence-electron chi connectivity index (χ0n) is 7.79. The molecule has 0 aromatic heterocycles. The SMILES string of the molecule is CCc1cccc(OC(Br)OC)c1. The number of hydrogen-bond donors (Lipinski definition) is 0. The molecular formula is C10H13BrO2. The highest BCUT2D eigenvalue weighted by Gasteiger charge is 2.02. The van der Waals surface area contributed by atoms with Crippen LogP contribution in [0.15, 0.2) is 24.3 Å². The van der Waals surface area contributed by atoms with Crippen molar-refractivity contribution in [1.82, 2.24) is 0 Å². The van der Waals surface area contributed by atoms with Crippen molar-refractivity contribution in [3.05, 3.63) is 29.8 Å². The standard InChI is InChI=1S/C10H13BrO2/c1-3-8-5-4-6-9(7-8)13-10(11)12-2/h4-7,10H,3H2,1-2H3. The molecule has 0 heterocycles. The van der Waals surface area contributed by atoms with Gasteiger partial charge in [0.15, 0.2) is 0 Å². The van der Waals surface area contributed by atoms with E-state index >= 15 is 0 Å². The lowest BCUT2D eigenvalue weighted by molar-refractivity contribution is 0.0242. The number of rotatable bonds is 4. The fourth-order valence-corrected chi connectivity index (χ4v) is 1.21. The van der Waals surface area contributed by atoms with Gasteiger partial charge in [-0.3, -0.25) is 0 Å². The van der Waals surface area contributed by atoms with Gasteiger partial charge in [0.2, 0.25) is 0 Å². The summed E-state index contributed by atoms with van der Waals surface area (Å²) in [7, 11) is 1.59. The van der Waals surface area contributed by atoms with Gasteiger partial charge in [0.1, 0.15) is 5.75 Å². The van der Waals surface area contributed by atoms with Crippen molar-refractivity contribution in [3.8, 4) is 5.75 Å². The molecule has 0 aliphatic rings. The Labute approximate surface area is 87.0 Å². The third-order valence-electron chi connectivity index (χ3n) is 1.72. The molecule has 0 N–H and O–H groups in total. The largest absolute Gasteiger partial charge is 0.455 e. The highest BCUT2D eigenvalue weighted by molar-refractivity contribution is 9.09.